The molecule has 0 saturated carbocycles. The smallest absolute Gasteiger partial charge is 0.200 e. The number of hydrogen-bond donors (Lipinski definition) is 1. The van der Waals surface area contributed by atoms with Gasteiger partial charge in [0.05, 0.1) is 5.69 Å². The van der Waals surface area contributed by atoms with E-state index in [0.717, 1.165) is 77.4 Å². The topological polar surface area (TPSA) is 75.1 Å². The molecular weight excluding hydrogens is 618 g/mol. The van der Waals surface area contributed by atoms with Crippen LogP contribution in [0, 0.1) is 5.82 Å². The van der Waals surface area contributed by atoms with Crippen LogP contribution in [-0.4, -0.2) is 77.8 Å². The SMILES string of the molecule is CC(C)[Si](OCCCn1cc(-c2ncnc3[nH]c(-c4ccc(N5CCN(C)CC5)cc4)cc23)c(-c2ccc(F)cc2)n1)(C(C)C)C(C)C. The van der Waals surface area contributed by atoms with Crippen LogP contribution in [0.25, 0.3) is 44.8 Å². The Morgan fingerprint density at radius 1 is 0.833 bits per heavy atom. The molecule has 1 aliphatic heterocycles. The summed E-state index contributed by atoms with van der Waals surface area (Å²) in [6.07, 6.45) is 4.51. The van der Waals surface area contributed by atoms with Gasteiger partial charge in [-0.3, -0.25) is 4.68 Å². The molecule has 48 heavy (non-hydrogen) atoms. The van der Waals surface area contributed by atoms with Gasteiger partial charge in [0.25, 0.3) is 0 Å². The predicted octanol–water partition coefficient (Wildman–Crippen LogP) is 8.63. The van der Waals surface area contributed by atoms with Gasteiger partial charge in [-0.2, -0.15) is 5.10 Å². The molecule has 0 spiro atoms. The second kappa shape index (κ2) is 14.3. The highest BCUT2D eigenvalue weighted by molar-refractivity contribution is 6.77. The minimum Gasteiger partial charge on any atom is -0.416 e. The lowest BCUT2D eigenvalue weighted by Crippen LogP contribution is -2.48. The molecule has 0 amide bonds. The van der Waals surface area contributed by atoms with Gasteiger partial charge in [0.1, 0.15) is 23.5 Å². The lowest BCUT2D eigenvalue weighted by molar-refractivity contribution is 0.263. The van der Waals surface area contributed by atoms with Crippen LogP contribution in [0.2, 0.25) is 16.6 Å². The van der Waals surface area contributed by atoms with Crippen LogP contribution < -0.4 is 4.90 Å². The average molecular weight is 668 g/mol. The third kappa shape index (κ3) is 6.84. The van der Waals surface area contributed by atoms with Gasteiger partial charge in [-0.1, -0.05) is 53.7 Å². The van der Waals surface area contributed by atoms with Crippen molar-refractivity contribution in [2.75, 3.05) is 44.7 Å². The highest BCUT2D eigenvalue weighted by Crippen LogP contribution is 2.42. The number of aromatic nitrogens is 5. The van der Waals surface area contributed by atoms with E-state index < -0.39 is 8.32 Å². The summed E-state index contributed by atoms with van der Waals surface area (Å²) in [6.45, 7) is 19.5. The molecule has 1 aliphatic rings. The molecule has 5 aromatic rings. The lowest BCUT2D eigenvalue weighted by Gasteiger charge is -2.42. The minimum atomic E-state index is -1.94. The predicted molar refractivity (Wildman–Crippen MR) is 197 cm³/mol. The van der Waals surface area contributed by atoms with Crippen molar-refractivity contribution in [1.29, 1.82) is 0 Å². The number of benzene rings is 2. The molecule has 1 saturated heterocycles. The summed E-state index contributed by atoms with van der Waals surface area (Å²) in [5, 5.41) is 5.95. The first-order valence-corrected chi connectivity index (χ1v) is 19.6. The number of fused-ring (bicyclic) bond motifs is 1. The number of halogens is 1. The number of H-pyrrole nitrogens is 1. The van der Waals surface area contributed by atoms with Crippen molar-refractivity contribution in [3.05, 3.63) is 72.9 Å². The first-order chi connectivity index (χ1) is 23.1. The standard InChI is InChI=1S/C38H50FN7OSi/c1-26(2)48(27(3)4,28(5)6)47-22-8-17-46-24-34(36(43-46)30-9-13-31(39)14-10-30)37-33-23-35(42-38(33)41-25-40-37)29-11-15-32(16-12-29)45-20-18-44(7)19-21-45/h9-16,23-28H,8,17-22H2,1-7H3,(H,40,41,42). The maximum absolute atomic E-state index is 14.0. The lowest BCUT2D eigenvalue weighted by atomic mass is 10.0. The quantitative estimate of drug-likeness (QED) is 0.106. The van der Waals surface area contributed by atoms with Gasteiger partial charge in [-0.15, -0.1) is 0 Å². The first kappa shape index (κ1) is 34.0. The van der Waals surface area contributed by atoms with E-state index in [1.165, 1.54) is 17.8 Å². The van der Waals surface area contributed by atoms with Gasteiger partial charge in [0.2, 0.25) is 0 Å². The average Bonchev–Trinajstić information content (AvgIpc) is 3.70. The summed E-state index contributed by atoms with van der Waals surface area (Å²) in [7, 11) is 0.233. The fraction of sp³-hybridized carbons (Fsp3) is 0.447. The van der Waals surface area contributed by atoms with E-state index in [9.17, 15) is 4.39 Å². The fourth-order valence-corrected chi connectivity index (χ4v) is 13.2. The summed E-state index contributed by atoms with van der Waals surface area (Å²) in [5.41, 5.74) is 9.01. The van der Waals surface area contributed by atoms with Crippen molar-refractivity contribution < 1.29 is 8.82 Å². The van der Waals surface area contributed by atoms with Crippen molar-refractivity contribution in [3.8, 4) is 33.8 Å². The Balaban J connectivity index is 1.28. The molecule has 0 radical (unpaired) electrons. The van der Waals surface area contributed by atoms with E-state index >= 15 is 0 Å². The number of hydrogen-bond acceptors (Lipinski definition) is 6. The third-order valence-electron chi connectivity index (χ3n) is 10.2. The summed E-state index contributed by atoms with van der Waals surface area (Å²) < 4.78 is 22.8. The molecule has 1 N–H and O–H groups in total. The largest absolute Gasteiger partial charge is 0.416 e. The number of rotatable bonds is 12. The van der Waals surface area contributed by atoms with Gasteiger partial charge < -0.3 is 19.2 Å². The Morgan fingerprint density at radius 3 is 2.12 bits per heavy atom. The number of anilines is 1. The van der Waals surface area contributed by atoms with Gasteiger partial charge >= 0.3 is 0 Å². The molecule has 2 aromatic carbocycles. The Morgan fingerprint density at radius 2 is 1.48 bits per heavy atom. The Kier molecular flexibility index (Phi) is 10.1. The number of aryl methyl sites for hydroxylation is 1. The highest BCUT2D eigenvalue weighted by atomic mass is 28.4. The number of piperazine rings is 1. The van der Waals surface area contributed by atoms with Crippen molar-refractivity contribution >= 4 is 25.0 Å². The minimum absolute atomic E-state index is 0.275. The second-order valence-electron chi connectivity index (χ2n) is 14.2. The van der Waals surface area contributed by atoms with Crippen molar-refractivity contribution in [1.82, 2.24) is 29.6 Å². The monoisotopic (exact) mass is 667 g/mol. The molecule has 3 aromatic heterocycles. The maximum Gasteiger partial charge on any atom is 0.200 e. The zero-order valence-corrected chi connectivity index (χ0v) is 30.5. The molecule has 6 rings (SSSR count). The van der Waals surface area contributed by atoms with Gasteiger partial charge in [0.15, 0.2) is 8.32 Å². The Hall–Kier alpha value is -3.86. The van der Waals surface area contributed by atoms with Gasteiger partial charge in [0, 0.05) is 73.4 Å². The molecule has 0 unspecified atom stereocenters. The van der Waals surface area contributed by atoms with Gasteiger partial charge in [-0.25, -0.2) is 14.4 Å². The van der Waals surface area contributed by atoms with Crippen LogP contribution in [0.4, 0.5) is 10.1 Å². The van der Waals surface area contributed by atoms with E-state index in [-0.39, 0.29) is 5.82 Å². The third-order valence-corrected chi connectivity index (χ3v) is 16.3. The van der Waals surface area contributed by atoms with Crippen LogP contribution in [0.15, 0.2) is 67.1 Å². The van der Waals surface area contributed by atoms with Crippen molar-refractivity contribution in [2.45, 2.75) is 71.1 Å². The van der Waals surface area contributed by atoms with Crippen molar-refractivity contribution in [3.63, 3.8) is 0 Å². The Labute approximate surface area is 285 Å². The van der Waals surface area contributed by atoms with Crippen LogP contribution in [-0.2, 0) is 11.0 Å². The van der Waals surface area contributed by atoms with Crippen LogP contribution >= 0.6 is 0 Å². The fourth-order valence-electron chi connectivity index (χ4n) is 7.73. The molecule has 4 heterocycles. The van der Waals surface area contributed by atoms with E-state index in [2.05, 4.69) is 105 Å². The number of aromatic amines is 1. The van der Waals surface area contributed by atoms with Crippen molar-refractivity contribution in [2.24, 2.45) is 0 Å². The first-order valence-electron chi connectivity index (χ1n) is 17.4. The molecule has 8 nitrogen and oxygen atoms in total. The van der Waals surface area contributed by atoms with Crippen LogP contribution in [0.1, 0.15) is 48.0 Å². The zero-order chi connectivity index (χ0) is 34.0. The highest BCUT2D eigenvalue weighted by Gasteiger charge is 2.44. The normalized spacial score (nSPS) is 14.7. The van der Waals surface area contributed by atoms with E-state index in [0.29, 0.717) is 29.8 Å². The van der Waals surface area contributed by atoms with E-state index in [1.54, 1.807) is 18.5 Å². The molecule has 0 atom stereocenters. The van der Waals surface area contributed by atoms with E-state index in [1.807, 2.05) is 4.68 Å². The summed E-state index contributed by atoms with van der Waals surface area (Å²) in [4.78, 5) is 17.7. The van der Waals surface area contributed by atoms with E-state index in [4.69, 9.17) is 14.5 Å². The molecule has 254 valence electrons. The van der Waals surface area contributed by atoms with Crippen LogP contribution in [0.3, 0.4) is 0 Å². The number of nitrogens with zero attached hydrogens (tertiary/aromatic N) is 6. The molecule has 0 bridgehead atoms. The molecular formula is C38H50FN7OSi. The summed E-state index contributed by atoms with van der Waals surface area (Å²) in [6, 6.07) is 17.4. The zero-order valence-electron chi connectivity index (χ0n) is 29.5. The second-order valence-corrected chi connectivity index (χ2v) is 19.6. The molecule has 0 aliphatic carbocycles. The van der Waals surface area contributed by atoms with Gasteiger partial charge in [-0.05, 0) is 78.1 Å². The molecule has 1 fully saturated rings. The Bertz CT molecular complexity index is 1780. The summed E-state index contributed by atoms with van der Waals surface area (Å²) >= 11 is 0. The maximum atomic E-state index is 14.0. The number of nitrogens with one attached hydrogen (secondary N) is 1. The number of likely N-dealkylation sites (N-methyl/N-ethyl adjacent to an activating group) is 1. The summed E-state index contributed by atoms with van der Waals surface area (Å²) in [5.74, 6) is -0.275. The molecule has 10 heteroatoms. The van der Waals surface area contributed by atoms with Crippen LogP contribution in [0.5, 0.6) is 0 Å².